The van der Waals surface area contributed by atoms with Crippen molar-refractivity contribution in [2.24, 2.45) is 5.92 Å². The third kappa shape index (κ3) is 5.69. The van der Waals surface area contributed by atoms with Crippen LogP contribution in [0.3, 0.4) is 0 Å². The predicted molar refractivity (Wildman–Crippen MR) is 115 cm³/mol. The van der Waals surface area contributed by atoms with E-state index in [4.69, 9.17) is 0 Å². The fourth-order valence-corrected chi connectivity index (χ4v) is 3.60. The summed E-state index contributed by atoms with van der Waals surface area (Å²) in [6.45, 7) is 4.71. The zero-order chi connectivity index (χ0) is 21.5. The third-order valence-electron chi connectivity index (χ3n) is 5.19. The van der Waals surface area contributed by atoms with E-state index < -0.39 is 12.1 Å². The Bertz CT molecular complexity index is 868. The predicted octanol–water partition coefficient (Wildman–Crippen LogP) is 3.22. The number of hydrogen-bond acceptors (Lipinski definition) is 3. The summed E-state index contributed by atoms with van der Waals surface area (Å²) in [5, 5.41) is 2.70. The van der Waals surface area contributed by atoms with Gasteiger partial charge in [0.15, 0.2) is 0 Å². The van der Waals surface area contributed by atoms with Gasteiger partial charge < -0.3 is 10.2 Å². The van der Waals surface area contributed by atoms with Gasteiger partial charge in [-0.2, -0.15) is 0 Å². The van der Waals surface area contributed by atoms with E-state index in [9.17, 15) is 14.4 Å². The van der Waals surface area contributed by atoms with Crippen molar-refractivity contribution in [2.75, 3.05) is 13.1 Å². The maximum absolute atomic E-state index is 13.1. The molecule has 6 heteroatoms. The smallest absolute Gasteiger partial charge is 0.325 e. The zero-order valence-electron chi connectivity index (χ0n) is 17.6. The first-order valence-corrected chi connectivity index (χ1v) is 10.4. The van der Waals surface area contributed by atoms with E-state index in [1.54, 1.807) is 4.90 Å². The van der Waals surface area contributed by atoms with Crippen LogP contribution in [0.4, 0.5) is 4.79 Å². The molecular formula is C24H29N3O3. The molecule has 4 amide bonds. The lowest BCUT2D eigenvalue weighted by Gasteiger charge is -2.25. The molecule has 1 aliphatic rings. The van der Waals surface area contributed by atoms with Crippen molar-refractivity contribution in [3.05, 3.63) is 71.8 Å². The van der Waals surface area contributed by atoms with Crippen molar-refractivity contribution in [3.8, 4) is 0 Å². The molecule has 1 atom stereocenters. The Labute approximate surface area is 177 Å². The van der Waals surface area contributed by atoms with Gasteiger partial charge in [-0.05, 0) is 29.9 Å². The number of hydrogen-bond donors (Lipinski definition) is 1. The molecule has 30 heavy (non-hydrogen) atoms. The fourth-order valence-electron chi connectivity index (χ4n) is 3.60. The van der Waals surface area contributed by atoms with Crippen LogP contribution in [0.2, 0.25) is 0 Å². The summed E-state index contributed by atoms with van der Waals surface area (Å²) in [7, 11) is 0. The van der Waals surface area contributed by atoms with Crippen molar-refractivity contribution in [3.63, 3.8) is 0 Å². The van der Waals surface area contributed by atoms with Gasteiger partial charge in [-0.25, -0.2) is 4.79 Å². The first kappa shape index (κ1) is 21.6. The van der Waals surface area contributed by atoms with E-state index in [-0.39, 0.29) is 24.3 Å². The summed E-state index contributed by atoms with van der Waals surface area (Å²) in [4.78, 5) is 40.8. The summed E-state index contributed by atoms with van der Waals surface area (Å²) in [5.74, 6) is -0.274. The molecule has 2 aromatic carbocycles. The lowest BCUT2D eigenvalue weighted by molar-refractivity contribution is -0.137. The molecule has 6 nitrogen and oxygen atoms in total. The number of urea groups is 1. The summed E-state index contributed by atoms with van der Waals surface area (Å²) in [6.07, 6.45) is 1.27. The standard InChI is InChI=1S/C24H29N3O3/c1-18(2)15-21-23(29)27(24(30)25-21)17-22(28)26(16-20-11-7-4-8-12-20)14-13-19-9-5-3-6-10-19/h3-12,18,21H,13-17H2,1-2H3,(H,25,30). The van der Waals surface area contributed by atoms with E-state index in [0.29, 0.717) is 25.9 Å². The van der Waals surface area contributed by atoms with Crippen molar-refractivity contribution in [2.45, 2.75) is 39.3 Å². The molecule has 0 aromatic heterocycles. The Hall–Kier alpha value is -3.15. The maximum atomic E-state index is 13.1. The Morgan fingerprint density at radius 2 is 1.60 bits per heavy atom. The number of rotatable bonds is 9. The molecule has 0 bridgehead atoms. The van der Waals surface area contributed by atoms with E-state index in [1.807, 2.05) is 74.5 Å². The van der Waals surface area contributed by atoms with Crippen LogP contribution in [-0.4, -0.2) is 46.8 Å². The van der Waals surface area contributed by atoms with Gasteiger partial charge in [0.1, 0.15) is 12.6 Å². The molecule has 1 N–H and O–H groups in total. The number of benzene rings is 2. The summed E-state index contributed by atoms with van der Waals surface area (Å²) in [6, 6.07) is 18.7. The number of nitrogens with zero attached hydrogens (tertiary/aromatic N) is 2. The molecule has 1 heterocycles. The number of amides is 4. The second-order valence-electron chi connectivity index (χ2n) is 8.09. The molecule has 1 unspecified atom stereocenters. The topological polar surface area (TPSA) is 69.7 Å². The number of carbonyl (C=O) groups is 3. The van der Waals surface area contributed by atoms with Gasteiger partial charge >= 0.3 is 6.03 Å². The number of carbonyl (C=O) groups excluding carboxylic acids is 3. The van der Waals surface area contributed by atoms with Gasteiger partial charge in [-0.15, -0.1) is 0 Å². The highest BCUT2D eigenvalue weighted by Crippen LogP contribution is 2.15. The number of imide groups is 1. The highest BCUT2D eigenvalue weighted by atomic mass is 16.2. The summed E-state index contributed by atoms with van der Waals surface area (Å²) >= 11 is 0. The average Bonchev–Trinajstić information content (AvgIpc) is 2.99. The Morgan fingerprint density at radius 3 is 2.20 bits per heavy atom. The second kappa shape index (κ2) is 10.1. The average molecular weight is 408 g/mol. The van der Waals surface area contributed by atoms with Crippen molar-refractivity contribution in [1.29, 1.82) is 0 Å². The van der Waals surface area contributed by atoms with Crippen molar-refractivity contribution < 1.29 is 14.4 Å². The molecule has 0 radical (unpaired) electrons. The molecule has 0 saturated carbocycles. The summed E-state index contributed by atoms with van der Waals surface area (Å²) < 4.78 is 0. The SMILES string of the molecule is CC(C)CC1NC(=O)N(CC(=O)N(CCc2ccccc2)Cc2ccccc2)C1=O. The minimum atomic E-state index is -0.544. The van der Waals surface area contributed by atoms with Gasteiger partial charge in [-0.3, -0.25) is 14.5 Å². The van der Waals surface area contributed by atoms with Crippen LogP contribution in [0.1, 0.15) is 31.4 Å². The highest BCUT2D eigenvalue weighted by Gasteiger charge is 2.39. The van der Waals surface area contributed by atoms with Crippen LogP contribution in [-0.2, 0) is 22.6 Å². The highest BCUT2D eigenvalue weighted by molar-refractivity contribution is 6.06. The first-order valence-electron chi connectivity index (χ1n) is 10.4. The van der Waals surface area contributed by atoms with Crippen LogP contribution in [0.5, 0.6) is 0 Å². The van der Waals surface area contributed by atoms with Crippen molar-refractivity contribution >= 4 is 17.8 Å². The van der Waals surface area contributed by atoms with Crippen LogP contribution in [0.25, 0.3) is 0 Å². The lowest BCUT2D eigenvalue weighted by Crippen LogP contribution is -2.43. The van der Waals surface area contributed by atoms with E-state index in [2.05, 4.69) is 5.32 Å². The molecule has 1 saturated heterocycles. The lowest BCUT2D eigenvalue weighted by atomic mass is 10.0. The monoisotopic (exact) mass is 407 g/mol. The molecule has 1 fully saturated rings. The Kier molecular flexibility index (Phi) is 7.22. The van der Waals surface area contributed by atoms with Gasteiger partial charge in [0, 0.05) is 13.1 Å². The zero-order valence-corrected chi connectivity index (χ0v) is 17.6. The molecular weight excluding hydrogens is 378 g/mol. The molecule has 1 aliphatic heterocycles. The normalized spacial score (nSPS) is 16.1. The largest absolute Gasteiger partial charge is 0.336 e. The minimum absolute atomic E-state index is 0.233. The van der Waals surface area contributed by atoms with Gasteiger partial charge in [0.2, 0.25) is 5.91 Å². The summed E-state index contributed by atoms with van der Waals surface area (Å²) in [5.41, 5.74) is 2.14. The number of nitrogens with one attached hydrogen (secondary N) is 1. The van der Waals surface area contributed by atoms with Gasteiger partial charge in [-0.1, -0.05) is 74.5 Å². The Balaban J connectivity index is 1.69. The minimum Gasteiger partial charge on any atom is -0.336 e. The molecule has 0 spiro atoms. The quantitative estimate of drug-likeness (QED) is 0.649. The van der Waals surface area contributed by atoms with Crippen molar-refractivity contribution in [1.82, 2.24) is 15.1 Å². The first-order chi connectivity index (χ1) is 14.4. The van der Waals surface area contributed by atoms with Crippen LogP contribution in [0.15, 0.2) is 60.7 Å². The van der Waals surface area contributed by atoms with Gasteiger partial charge in [0.05, 0.1) is 0 Å². The molecule has 158 valence electrons. The second-order valence-corrected chi connectivity index (χ2v) is 8.09. The van der Waals surface area contributed by atoms with Gasteiger partial charge in [0.25, 0.3) is 5.91 Å². The van der Waals surface area contributed by atoms with E-state index in [0.717, 1.165) is 16.0 Å². The van der Waals surface area contributed by atoms with Crippen LogP contribution < -0.4 is 5.32 Å². The molecule has 2 aromatic rings. The van der Waals surface area contributed by atoms with Crippen LogP contribution in [0, 0.1) is 5.92 Å². The van der Waals surface area contributed by atoms with E-state index in [1.165, 1.54) is 0 Å². The molecule has 3 rings (SSSR count). The van der Waals surface area contributed by atoms with E-state index >= 15 is 0 Å². The molecule has 0 aliphatic carbocycles. The van der Waals surface area contributed by atoms with Crippen LogP contribution >= 0.6 is 0 Å². The third-order valence-corrected chi connectivity index (χ3v) is 5.19. The maximum Gasteiger partial charge on any atom is 0.325 e. The fraction of sp³-hybridized carbons (Fsp3) is 0.375. The Morgan fingerprint density at radius 1 is 1.00 bits per heavy atom.